The average Bonchev–Trinajstić information content (AvgIpc) is 3.77. The van der Waals surface area contributed by atoms with Gasteiger partial charge in [-0.2, -0.15) is 0 Å². The van der Waals surface area contributed by atoms with Gasteiger partial charge in [-0.25, -0.2) is 9.97 Å². The second-order valence-corrected chi connectivity index (χ2v) is 12.6. The van der Waals surface area contributed by atoms with E-state index in [1.807, 2.05) is 6.07 Å². The fourth-order valence-electron chi connectivity index (χ4n) is 5.96. The van der Waals surface area contributed by atoms with E-state index in [-0.39, 0.29) is 6.79 Å². The number of aryl methyl sites for hydroxylation is 1. The number of hydrogen-bond acceptors (Lipinski definition) is 6. The third kappa shape index (κ3) is 5.98. The zero-order valence-electron chi connectivity index (χ0n) is 25.2. The van der Waals surface area contributed by atoms with E-state index in [0.29, 0.717) is 0 Å². The first kappa shape index (κ1) is 28.3. The fraction of sp³-hybridized carbons (Fsp3) is 0.243. The van der Waals surface area contributed by atoms with Crippen molar-refractivity contribution in [2.75, 3.05) is 6.79 Å². The summed E-state index contributed by atoms with van der Waals surface area (Å²) in [6.07, 6.45) is 2.19. The van der Waals surface area contributed by atoms with E-state index in [2.05, 4.69) is 114 Å². The van der Waals surface area contributed by atoms with Gasteiger partial charge in [0.15, 0.2) is 11.5 Å². The van der Waals surface area contributed by atoms with E-state index in [1.54, 1.807) is 11.3 Å². The van der Waals surface area contributed by atoms with Crippen molar-refractivity contribution < 1.29 is 9.47 Å². The summed E-state index contributed by atoms with van der Waals surface area (Å²) in [7, 11) is 0. The minimum atomic E-state index is 0.273. The molecule has 7 heteroatoms. The summed E-state index contributed by atoms with van der Waals surface area (Å²) in [5, 5.41) is 1.09. The van der Waals surface area contributed by atoms with Gasteiger partial charge in [0.05, 0.1) is 26.6 Å². The van der Waals surface area contributed by atoms with Crippen LogP contribution in [0.3, 0.4) is 0 Å². The third-order valence-corrected chi connectivity index (χ3v) is 9.02. The van der Waals surface area contributed by atoms with Crippen LogP contribution in [-0.4, -0.2) is 26.2 Å². The van der Waals surface area contributed by atoms with Gasteiger partial charge in [-0.1, -0.05) is 86.1 Å². The van der Waals surface area contributed by atoms with Crippen molar-refractivity contribution in [1.29, 1.82) is 0 Å². The SMILES string of the molecule is CCCCn1c(-c2ccccc2)nc(-c2ccccc2)c1CN(Cc1ccc2c(c1)OCO2)Cc1ccc2sc(C)nc2c1. The zero-order valence-corrected chi connectivity index (χ0v) is 26.0. The van der Waals surface area contributed by atoms with Gasteiger partial charge in [0.2, 0.25) is 6.79 Å². The fourth-order valence-corrected chi connectivity index (χ4v) is 6.77. The summed E-state index contributed by atoms with van der Waals surface area (Å²) in [5.41, 5.74) is 8.04. The number of unbranched alkanes of at least 4 members (excludes halogenated alkanes) is 1. The Morgan fingerprint density at radius 1 is 0.773 bits per heavy atom. The second kappa shape index (κ2) is 12.6. The average molecular weight is 601 g/mol. The van der Waals surface area contributed by atoms with Crippen molar-refractivity contribution in [2.24, 2.45) is 0 Å². The molecular formula is C37H36N4O2S. The molecule has 0 amide bonds. The standard InChI is InChI=1S/C37H36N4O2S/c1-3-4-19-41-32(36(29-11-7-5-8-12-29)39-37(41)30-13-9-6-10-14-30)24-40(23-28-15-17-33-34(21-28)43-25-42-33)22-27-16-18-35-31(20-27)38-26(2)44-35/h5-18,20-21H,3-4,19,22-25H2,1-2H3. The number of rotatable bonds is 11. The molecule has 6 aromatic rings. The van der Waals surface area contributed by atoms with Crippen LogP contribution in [0.25, 0.3) is 32.9 Å². The molecule has 0 spiro atoms. The molecule has 3 heterocycles. The smallest absolute Gasteiger partial charge is 0.231 e. The van der Waals surface area contributed by atoms with Crippen LogP contribution in [0, 0.1) is 6.92 Å². The van der Waals surface area contributed by atoms with Gasteiger partial charge in [0.25, 0.3) is 0 Å². The van der Waals surface area contributed by atoms with Crippen LogP contribution in [0.5, 0.6) is 11.5 Å². The summed E-state index contributed by atoms with van der Waals surface area (Å²) in [6.45, 7) is 7.76. The molecule has 0 saturated carbocycles. The van der Waals surface area contributed by atoms with E-state index < -0.39 is 0 Å². The summed E-state index contributed by atoms with van der Waals surface area (Å²) < 4.78 is 15.0. The molecule has 222 valence electrons. The van der Waals surface area contributed by atoms with Crippen molar-refractivity contribution in [2.45, 2.75) is 52.9 Å². The number of aromatic nitrogens is 3. The molecule has 2 aromatic heterocycles. The lowest BCUT2D eigenvalue weighted by Crippen LogP contribution is -2.24. The van der Waals surface area contributed by atoms with Crippen LogP contribution in [0.2, 0.25) is 0 Å². The van der Waals surface area contributed by atoms with Crippen LogP contribution < -0.4 is 9.47 Å². The number of thiazole rings is 1. The molecular weight excluding hydrogens is 565 g/mol. The van der Waals surface area contributed by atoms with E-state index in [9.17, 15) is 0 Å². The number of fused-ring (bicyclic) bond motifs is 2. The minimum absolute atomic E-state index is 0.273. The first-order valence-electron chi connectivity index (χ1n) is 15.3. The highest BCUT2D eigenvalue weighted by Crippen LogP contribution is 2.35. The van der Waals surface area contributed by atoms with Crippen LogP contribution in [0.15, 0.2) is 97.1 Å². The molecule has 0 saturated heterocycles. The number of ether oxygens (including phenoxy) is 2. The Hall–Kier alpha value is -4.46. The maximum Gasteiger partial charge on any atom is 0.231 e. The molecule has 4 aromatic carbocycles. The van der Waals surface area contributed by atoms with Crippen LogP contribution in [0.1, 0.15) is 41.6 Å². The summed E-state index contributed by atoms with van der Waals surface area (Å²) in [6, 6.07) is 34.2. The van der Waals surface area contributed by atoms with E-state index in [0.717, 1.165) is 83.7 Å². The van der Waals surface area contributed by atoms with Crippen LogP contribution in [-0.2, 0) is 26.2 Å². The van der Waals surface area contributed by atoms with Crippen LogP contribution >= 0.6 is 11.3 Å². The molecule has 1 aliphatic heterocycles. The molecule has 6 nitrogen and oxygen atoms in total. The summed E-state index contributed by atoms with van der Waals surface area (Å²) >= 11 is 1.74. The summed E-state index contributed by atoms with van der Waals surface area (Å²) in [4.78, 5) is 12.6. The largest absolute Gasteiger partial charge is 0.454 e. The molecule has 1 aliphatic rings. The minimum Gasteiger partial charge on any atom is -0.454 e. The zero-order chi connectivity index (χ0) is 29.9. The molecule has 0 aliphatic carbocycles. The van der Waals surface area contributed by atoms with Crippen molar-refractivity contribution >= 4 is 21.6 Å². The lowest BCUT2D eigenvalue weighted by atomic mass is 10.1. The van der Waals surface area contributed by atoms with Crippen molar-refractivity contribution in [3.8, 4) is 34.1 Å². The van der Waals surface area contributed by atoms with Gasteiger partial charge in [-0.3, -0.25) is 4.90 Å². The highest BCUT2D eigenvalue weighted by molar-refractivity contribution is 7.18. The van der Waals surface area contributed by atoms with Gasteiger partial charge >= 0.3 is 0 Å². The maximum absolute atomic E-state index is 5.74. The number of nitrogens with zero attached hydrogens (tertiary/aromatic N) is 4. The van der Waals surface area contributed by atoms with Crippen molar-refractivity contribution in [3.63, 3.8) is 0 Å². The predicted octanol–water partition coefficient (Wildman–Crippen LogP) is 8.87. The quantitative estimate of drug-likeness (QED) is 0.149. The molecule has 0 N–H and O–H groups in total. The Bertz CT molecular complexity index is 1880. The Balaban J connectivity index is 1.32. The molecule has 7 rings (SSSR count). The first-order valence-corrected chi connectivity index (χ1v) is 16.1. The topological polar surface area (TPSA) is 52.4 Å². The number of hydrogen-bond donors (Lipinski definition) is 0. The van der Waals surface area contributed by atoms with Crippen LogP contribution in [0.4, 0.5) is 0 Å². The highest BCUT2D eigenvalue weighted by Gasteiger charge is 2.23. The van der Waals surface area contributed by atoms with Crippen molar-refractivity contribution in [3.05, 3.63) is 119 Å². The Morgan fingerprint density at radius 3 is 2.25 bits per heavy atom. The third-order valence-electron chi connectivity index (χ3n) is 8.07. The van der Waals surface area contributed by atoms with Crippen molar-refractivity contribution in [1.82, 2.24) is 19.4 Å². The molecule has 0 fully saturated rings. The van der Waals surface area contributed by atoms with E-state index >= 15 is 0 Å². The Morgan fingerprint density at radius 2 is 1.48 bits per heavy atom. The van der Waals surface area contributed by atoms with Gasteiger partial charge in [-0.15, -0.1) is 11.3 Å². The Kier molecular flexibility index (Phi) is 8.14. The lowest BCUT2D eigenvalue weighted by Gasteiger charge is -2.25. The lowest BCUT2D eigenvalue weighted by molar-refractivity contribution is 0.174. The molecule has 0 atom stereocenters. The normalized spacial score (nSPS) is 12.4. The monoisotopic (exact) mass is 600 g/mol. The molecule has 0 unspecified atom stereocenters. The summed E-state index contributed by atoms with van der Waals surface area (Å²) in [5.74, 6) is 2.64. The number of benzene rings is 4. The first-order chi connectivity index (χ1) is 21.6. The second-order valence-electron chi connectivity index (χ2n) is 11.3. The van der Waals surface area contributed by atoms with E-state index in [4.69, 9.17) is 19.4 Å². The molecule has 44 heavy (non-hydrogen) atoms. The van der Waals surface area contributed by atoms with Gasteiger partial charge in [0.1, 0.15) is 5.82 Å². The Labute approximate surface area is 262 Å². The molecule has 0 radical (unpaired) electrons. The number of imidazole rings is 1. The highest BCUT2D eigenvalue weighted by atomic mass is 32.1. The molecule has 0 bridgehead atoms. The van der Waals surface area contributed by atoms with Gasteiger partial charge < -0.3 is 14.0 Å². The van der Waals surface area contributed by atoms with E-state index in [1.165, 1.54) is 21.5 Å². The predicted molar refractivity (Wildman–Crippen MR) is 178 cm³/mol. The van der Waals surface area contributed by atoms with Gasteiger partial charge in [0, 0.05) is 37.3 Å². The maximum atomic E-state index is 5.74. The van der Waals surface area contributed by atoms with Gasteiger partial charge in [-0.05, 0) is 48.7 Å².